The van der Waals surface area contributed by atoms with E-state index in [0.29, 0.717) is 23.2 Å². The van der Waals surface area contributed by atoms with Crippen molar-refractivity contribution in [2.45, 2.75) is 12.3 Å². The third-order valence-electron chi connectivity index (χ3n) is 1.90. The summed E-state index contributed by atoms with van der Waals surface area (Å²) in [6.45, 7) is 0. The summed E-state index contributed by atoms with van der Waals surface area (Å²) in [5, 5.41) is 4.42. The molecule has 0 saturated heterocycles. The van der Waals surface area contributed by atoms with Crippen LogP contribution < -0.4 is 0 Å². The van der Waals surface area contributed by atoms with E-state index in [1.165, 1.54) is 0 Å². The zero-order chi connectivity index (χ0) is 10.7. The number of hydrogen-bond donors (Lipinski definition) is 0. The zero-order valence-corrected chi connectivity index (χ0v) is 9.29. The van der Waals surface area contributed by atoms with E-state index in [1.54, 1.807) is 0 Å². The fraction of sp³-hybridized carbons (Fsp3) is 0.200. The van der Waals surface area contributed by atoms with Crippen LogP contribution in [-0.2, 0) is 12.3 Å². The van der Waals surface area contributed by atoms with Crippen molar-refractivity contribution < 1.29 is 4.52 Å². The van der Waals surface area contributed by atoms with Crippen LogP contribution in [-0.4, -0.2) is 10.1 Å². The summed E-state index contributed by atoms with van der Waals surface area (Å²) < 4.78 is 5.01. The maximum absolute atomic E-state index is 5.77. The number of halogens is 2. The summed E-state index contributed by atoms with van der Waals surface area (Å²) in [6.07, 6.45) is 0.598. The van der Waals surface area contributed by atoms with Crippen molar-refractivity contribution in [1.82, 2.24) is 10.1 Å². The molecule has 1 heterocycles. The maximum atomic E-state index is 5.77. The molecule has 2 aromatic rings. The second kappa shape index (κ2) is 4.64. The van der Waals surface area contributed by atoms with Gasteiger partial charge in [-0.3, -0.25) is 0 Å². The van der Waals surface area contributed by atoms with Gasteiger partial charge in [-0.05, 0) is 17.7 Å². The molecule has 15 heavy (non-hydrogen) atoms. The van der Waals surface area contributed by atoms with Gasteiger partial charge in [0.15, 0.2) is 5.82 Å². The van der Waals surface area contributed by atoms with Crippen LogP contribution in [0.3, 0.4) is 0 Å². The van der Waals surface area contributed by atoms with Gasteiger partial charge in [0.05, 0.1) is 12.3 Å². The van der Waals surface area contributed by atoms with E-state index in [0.717, 1.165) is 5.56 Å². The molecule has 3 nitrogen and oxygen atoms in total. The number of alkyl halides is 1. The van der Waals surface area contributed by atoms with Crippen molar-refractivity contribution in [3.05, 3.63) is 46.6 Å². The summed E-state index contributed by atoms with van der Waals surface area (Å²) >= 11 is 11.3. The number of rotatable bonds is 3. The Morgan fingerprint density at radius 2 is 1.93 bits per heavy atom. The van der Waals surface area contributed by atoms with E-state index in [1.807, 2.05) is 24.3 Å². The highest BCUT2D eigenvalue weighted by Gasteiger charge is 2.05. The van der Waals surface area contributed by atoms with Crippen LogP contribution in [0.25, 0.3) is 0 Å². The molecule has 0 radical (unpaired) electrons. The Hall–Kier alpha value is -1.06. The highest BCUT2D eigenvalue weighted by atomic mass is 35.5. The van der Waals surface area contributed by atoms with E-state index >= 15 is 0 Å². The van der Waals surface area contributed by atoms with Gasteiger partial charge in [-0.1, -0.05) is 28.9 Å². The molecule has 0 bridgehead atoms. The van der Waals surface area contributed by atoms with Crippen molar-refractivity contribution in [1.29, 1.82) is 0 Å². The Bertz CT molecular complexity index is 439. The standard InChI is InChI=1S/C10H8Cl2N2O/c11-6-9-13-10(15-14-9)5-7-1-3-8(12)4-2-7/h1-4H,5-6H2. The van der Waals surface area contributed by atoms with Gasteiger partial charge in [-0.25, -0.2) is 0 Å². The largest absolute Gasteiger partial charge is 0.339 e. The number of nitrogens with zero attached hydrogens (tertiary/aromatic N) is 2. The molecule has 78 valence electrons. The summed E-state index contributed by atoms with van der Waals surface area (Å²) in [4.78, 5) is 4.10. The Kier molecular flexibility index (Phi) is 3.23. The topological polar surface area (TPSA) is 38.9 Å². The zero-order valence-electron chi connectivity index (χ0n) is 7.78. The van der Waals surface area contributed by atoms with Crippen molar-refractivity contribution in [3.8, 4) is 0 Å². The third kappa shape index (κ3) is 2.70. The summed E-state index contributed by atoms with van der Waals surface area (Å²) in [5.74, 6) is 1.35. The predicted octanol–water partition coefficient (Wildman–Crippen LogP) is 3.05. The van der Waals surface area contributed by atoms with E-state index in [4.69, 9.17) is 27.7 Å². The van der Waals surface area contributed by atoms with Gasteiger partial charge in [0.2, 0.25) is 5.89 Å². The molecule has 1 aromatic carbocycles. The lowest BCUT2D eigenvalue weighted by Crippen LogP contribution is -1.88. The molecule has 5 heteroatoms. The van der Waals surface area contributed by atoms with Crippen molar-refractivity contribution in [2.75, 3.05) is 0 Å². The minimum Gasteiger partial charge on any atom is -0.339 e. The number of aromatic nitrogens is 2. The van der Waals surface area contributed by atoms with E-state index in [-0.39, 0.29) is 5.88 Å². The molecule has 0 aliphatic rings. The first kappa shape index (κ1) is 10.5. The summed E-state index contributed by atoms with van der Waals surface area (Å²) in [7, 11) is 0. The van der Waals surface area contributed by atoms with Gasteiger partial charge in [-0.2, -0.15) is 4.98 Å². The van der Waals surface area contributed by atoms with E-state index < -0.39 is 0 Å². The third-order valence-corrected chi connectivity index (χ3v) is 2.39. The molecule has 2 rings (SSSR count). The fourth-order valence-corrected chi connectivity index (χ4v) is 1.43. The highest BCUT2D eigenvalue weighted by molar-refractivity contribution is 6.30. The monoisotopic (exact) mass is 242 g/mol. The van der Waals surface area contributed by atoms with Crippen LogP contribution in [0.1, 0.15) is 17.3 Å². The highest BCUT2D eigenvalue weighted by Crippen LogP contribution is 2.12. The fourth-order valence-electron chi connectivity index (χ4n) is 1.19. The van der Waals surface area contributed by atoms with Crippen molar-refractivity contribution in [2.24, 2.45) is 0 Å². The summed E-state index contributed by atoms with van der Waals surface area (Å²) in [6, 6.07) is 7.51. The molecule has 0 spiro atoms. The van der Waals surface area contributed by atoms with Gasteiger partial charge < -0.3 is 4.52 Å². The summed E-state index contributed by atoms with van der Waals surface area (Å²) in [5.41, 5.74) is 1.07. The lowest BCUT2D eigenvalue weighted by atomic mass is 10.1. The molecule has 0 aliphatic heterocycles. The van der Waals surface area contributed by atoms with Crippen molar-refractivity contribution >= 4 is 23.2 Å². The van der Waals surface area contributed by atoms with Gasteiger partial charge in [-0.15, -0.1) is 11.6 Å². The van der Waals surface area contributed by atoms with Crippen molar-refractivity contribution in [3.63, 3.8) is 0 Å². The molecule has 0 amide bonds. The second-order valence-electron chi connectivity index (χ2n) is 3.04. The van der Waals surface area contributed by atoms with Gasteiger partial charge >= 0.3 is 0 Å². The Labute approximate surface area is 97.0 Å². The Balaban J connectivity index is 2.11. The lowest BCUT2D eigenvalue weighted by Gasteiger charge is -1.95. The first-order chi connectivity index (χ1) is 7.28. The van der Waals surface area contributed by atoms with Gasteiger partial charge in [0.25, 0.3) is 0 Å². The predicted molar refractivity (Wildman–Crippen MR) is 58.1 cm³/mol. The SMILES string of the molecule is ClCc1noc(Cc2ccc(Cl)cc2)n1. The maximum Gasteiger partial charge on any atom is 0.231 e. The molecular weight excluding hydrogens is 235 g/mol. The normalized spacial score (nSPS) is 10.5. The average molecular weight is 243 g/mol. The van der Waals surface area contributed by atoms with Crippen LogP contribution in [0.4, 0.5) is 0 Å². The molecule has 0 atom stereocenters. The molecule has 0 aliphatic carbocycles. The quantitative estimate of drug-likeness (QED) is 0.777. The minimum absolute atomic E-state index is 0.268. The van der Waals surface area contributed by atoms with Crippen LogP contribution in [0.15, 0.2) is 28.8 Å². The smallest absolute Gasteiger partial charge is 0.231 e. The molecule has 0 fully saturated rings. The number of benzene rings is 1. The van der Waals surface area contributed by atoms with Crippen LogP contribution >= 0.6 is 23.2 Å². The lowest BCUT2D eigenvalue weighted by molar-refractivity contribution is 0.381. The van der Waals surface area contributed by atoms with Gasteiger partial charge in [0, 0.05) is 5.02 Å². The molecule has 0 N–H and O–H groups in total. The minimum atomic E-state index is 0.268. The Morgan fingerprint density at radius 3 is 2.53 bits per heavy atom. The molecular formula is C10H8Cl2N2O. The second-order valence-corrected chi connectivity index (χ2v) is 3.74. The molecule has 0 unspecified atom stereocenters. The average Bonchev–Trinajstić information content (AvgIpc) is 2.69. The van der Waals surface area contributed by atoms with E-state index in [2.05, 4.69) is 10.1 Å². The van der Waals surface area contributed by atoms with Gasteiger partial charge in [0.1, 0.15) is 0 Å². The van der Waals surface area contributed by atoms with E-state index in [9.17, 15) is 0 Å². The Morgan fingerprint density at radius 1 is 1.20 bits per heavy atom. The molecule has 1 aromatic heterocycles. The first-order valence-corrected chi connectivity index (χ1v) is 5.31. The van der Waals surface area contributed by atoms with Crippen LogP contribution in [0.2, 0.25) is 5.02 Å². The van der Waals surface area contributed by atoms with Crippen LogP contribution in [0.5, 0.6) is 0 Å². The number of hydrogen-bond acceptors (Lipinski definition) is 3. The first-order valence-electron chi connectivity index (χ1n) is 4.40. The molecule has 0 saturated carbocycles. The van der Waals surface area contributed by atoms with Crippen LogP contribution in [0, 0.1) is 0 Å².